The van der Waals surface area contributed by atoms with Crippen LogP contribution in [-0.2, 0) is 4.79 Å². The third kappa shape index (κ3) is 6.71. The summed E-state index contributed by atoms with van der Waals surface area (Å²) in [5.74, 6) is -1.08. The van der Waals surface area contributed by atoms with E-state index in [1.807, 2.05) is 0 Å². The van der Waals surface area contributed by atoms with Crippen molar-refractivity contribution in [1.82, 2.24) is 0 Å². The minimum absolute atomic E-state index is 0.972. The van der Waals surface area contributed by atoms with Gasteiger partial charge in [0, 0.05) is 57.7 Å². The fraction of sp³-hybridized carbons (Fsp3) is 0.259. The fourth-order valence-corrected chi connectivity index (χ4v) is 3.28. The summed E-state index contributed by atoms with van der Waals surface area (Å²) in [7, 11) is 12.4. The molecule has 1 aliphatic rings. The standard InChI is InChI=1S/C25H30N3.C2H4O2/c1-26(2)22-13-7-19(8-14-22)25(20-9-15-23(16-10-20)27(3)4)21-11-17-24(18-12-21)28(5)6;1-2(3)4/h7-18H,1-6H3;1H3,(H,3,4)/q+1;/p-1. The summed E-state index contributed by atoms with van der Waals surface area (Å²) in [6.45, 7) is 0.972. The van der Waals surface area contributed by atoms with Gasteiger partial charge in [0.15, 0.2) is 5.71 Å². The van der Waals surface area contributed by atoms with Crippen LogP contribution in [0.15, 0.2) is 78.4 Å². The van der Waals surface area contributed by atoms with E-state index in [9.17, 15) is 0 Å². The molecule has 0 radical (unpaired) electrons. The van der Waals surface area contributed by atoms with Crippen LogP contribution in [0.3, 0.4) is 0 Å². The molecule has 0 unspecified atom stereocenters. The first-order valence-corrected chi connectivity index (χ1v) is 10.5. The summed E-state index contributed by atoms with van der Waals surface area (Å²) >= 11 is 0. The minimum atomic E-state index is -1.08. The fourth-order valence-electron chi connectivity index (χ4n) is 3.28. The quantitative estimate of drug-likeness (QED) is 0.698. The van der Waals surface area contributed by atoms with Crippen LogP contribution in [-0.4, -0.2) is 58.5 Å². The monoisotopic (exact) mass is 431 g/mol. The predicted molar refractivity (Wildman–Crippen MR) is 134 cm³/mol. The molecule has 0 amide bonds. The molecule has 0 fully saturated rings. The number of carboxylic acids is 1. The van der Waals surface area contributed by atoms with Crippen LogP contribution >= 0.6 is 0 Å². The van der Waals surface area contributed by atoms with E-state index in [1.165, 1.54) is 39.4 Å². The summed E-state index contributed by atoms with van der Waals surface area (Å²) in [5, 5.41) is 8.89. The number of aliphatic carboxylic acids is 1. The van der Waals surface area contributed by atoms with E-state index in [0.717, 1.165) is 6.92 Å². The molecule has 2 aromatic rings. The van der Waals surface area contributed by atoms with Crippen molar-refractivity contribution in [2.24, 2.45) is 0 Å². The number of carbonyl (C=O) groups excluding carboxylic acids is 1. The molecule has 0 N–H and O–H groups in total. The molecule has 5 nitrogen and oxygen atoms in total. The smallest absolute Gasteiger partial charge is 0.199 e. The second-order valence-electron chi connectivity index (χ2n) is 8.19. The highest BCUT2D eigenvalue weighted by Gasteiger charge is 2.13. The maximum atomic E-state index is 8.89. The highest BCUT2D eigenvalue weighted by Crippen LogP contribution is 2.31. The molecule has 0 heterocycles. The van der Waals surface area contributed by atoms with Crippen molar-refractivity contribution in [2.75, 3.05) is 52.1 Å². The van der Waals surface area contributed by atoms with Crippen LogP contribution in [0.25, 0.3) is 5.57 Å². The highest BCUT2D eigenvalue weighted by molar-refractivity contribution is 6.04. The molecular formula is C27H33N3O2. The lowest BCUT2D eigenvalue weighted by Gasteiger charge is -2.18. The van der Waals surface area contributed by atoms with Gasteiger partial charge in [-0.25, -0.2) is 4.58 Å². The van der Waals surface area contributed by atoms with Crippen LogP contribution in [0.4, 0.5) is 11.4 Å². The summed E-state index contributed by atoms with van der Waals surface area (Å²) in [6.07, 6.45) is 8.78. The van der Waals surface area contributed by atoms with Gasteiger partial charge in [-0.3, -0.25) is 0 Å². The summed E-state index contributed by atoms with van der Waals surface area (Å²) in [6, 6.07) is 17.6. The second kappa shape index (κ2) is 11.1. The van der Waals surface area contributed by atoms with Crippen molar-refractivity contribution < 1.29 is 14.5 Å². The topological polar surface area (TPSA) is 49.6 Å². The molecule has 0 spiro atoms. The molecule has 1 aliphatic carbocycles. The van der Waals surface area contributed by atoms with Crippen LogP contribution in [0.1, 0.15) is 18.1 Å². The van der Waals surface area contributed by atoms with Gasteiger partial charge < -0.3 is 19.7 Å². The Morgan fingerprint density at radius 2 is 1.06 bits per heavy atom. The van der Waals surface area contributed by atoms with E-state index in [-0.39, 0.29) is 0 Å². The molecule has 5 heteroatoms. The number of rotatable bonds is 4. The maximum Gasteiger partial charge on any atom is 0.199 e. The van der Waals surface area contributed by atoms with Gasteiger partial charge >= 0.3 is 0 Å². The zero-order valence-electron chi connectivity index (χ0n) is 20.1. The lowest BCUT2D eigenvalue weighted by atomic mass is 9.90. The van der Waals surface area contributed by atoms with E-state index in [0.29, 0.717) is 0 Å². The van der Waals surface area contributed by atoms with Crippen LogP contribution in [0, 0.1) is 0 Å². The van der Waals surface area contributed by atoms with E-state index >= 15 is 0 Å². The Hall–Kier alpha value is -3.60. The Kier molecular flexibility index (Phi) is 8.59. The number of allylic oxidation sites excluding steroid dienone is 5. The van der Waals surface area contributed by atoms with Crippen LogP contribution < -0.4 is 14.9 Å². The lowest BCUT2D eigenvalue weighted by molar-refractivity contribution is -0.462. The van der Waals surface area contributed by atoms with Gasteiger partial charge in [-0.05, 0) is 65.6 Å². The first-order valence-electron chi connectivity index (χ1n) is 10.5. The molecular weight excluding hydrogens is 398 g/mol. The number of carboxylic acid groups (broad SMARTS) is 1. The first-order chi connectivity index (χ1) is 15.1. The average Bonchev–Trinajstić information content (AvgIpc) is 2.74. The molecule has 0 saturated carbocycles. The summed E-state index contributed by atoms with van der Waals surface area (Å²) < 4.78 is 2.13. The Bertz CT molecular complexity index is 976. The lowest BCUT2D eigenvalue weighted by Crippen LogP contribution is -2.16. The Morgan fingerprint density at radius 1 is 0.719 bits per heavy atom. The maximum absolute atomic E-state index is 8.89. The molecule has 0 atom stereocenters. The third-order valence-electron chi connectivity index (χ3n) is 5.02. The largest absolute Gasteiger partial charge is 0.550 e. The Morgan fingerprint density at radius 3 is 1.34 bits per heavy atom. The molecule has 0 saturated heterocycles. The van der Waals surface area contributed by atoms with Crippen LogP contribution in [0.2, 0.25) is 0 Å². The van der Waals surface area contributed by atoms with Gasteiger partial charge in [-0.1, -0.05) is 24.3 Å². The van der Waals surface area contributed by atoms with E-state index < -0.39 is 5.97 Å². The minimum Gasteiger partial charge on any atom is -0.550 e. The number of carbonyl (C=O) groups is 1. The summed E-state index contributed by atoms with van der Waals surface area (Å²) in [4.78, 5) is 13.1. The number of nitrogens with zero attached hydrogens (tertiary/aromatic N) is 3. The van der Waals surface area contributed by atoms with Crippen molar-refractivity contribution in [1.29, 1.82) is 0 Å². The van der Waals surface area contributed by atoms with Crippen LogP contribution in [0.5, 0.6) is 0 Å². The highest BCUT2D eigenvalue weighted by atomic mass is 16.4. The number of hydrogen-bond acceptors (Lipinski definition) is 4. The van der Waals surface area contributed by atoms with Crippen molar-refractivity contribution in [2.45, 2.75) is 6.92 Å². The van der Waals surface area contributed by atoms with Gasteiger partial charge in [0.2, 0.25) is 0 Å². The Labute approximate surface area is 191 Å². The molecule has 32 heavy (non-hydrogen) atoms. The van der Waals surface area contributed by atoms with Crippen molar-refractivity contribution >= 4 is 28.6 Å². The SMILES string of the molecule is CC(=O)[O-].CN(C)c1ccc(C(=C2C=CC(=[N+](C)C)C=C2)c2ccc(N(C)C)cc2)cc1. The van der Waals surface area contributed by atoms with Gasteiger partial charge in [0.05, 0.1) is 0 Å². The summed E-state index contributed by atoms with van der Waals surface area (Å²) in [5.41, 5.74) is 8.53. The van der Waals surface area contributed by atoms with Crippen molar-refractivity contribution in [3.05, 3.63) is 89.5 Å². The Balaban J connectivity index is 0.000000837. The predicted octanol–water partition coefficient (Wildman–Crippen LogP) is 3.22. The van der Waals surface area contributed by atoms with E-state index in [2.05, 4.69) is 129 Å². The normalized spacial score (nSPS) is 12.1. The zero-order chi connectivity index (χ0) is 23.8. The zero-order valence-corrected chi connectivity index (χ0v) is 20.1. The number of hydrogen-bond donors (Lipinski definition) is 0. The van der Waals surface area contributed by atoms with Gasteiger partial charge in [0.25, 0.3) is 0 Å². The second-order valence-corrected chi connectivity index (χ2v) is 8.19. The van der Waals surface area contributed by atoms with E-state index in [4.69, 9.17) is 9.90 Å². The molecule has 2 aromatic carbocycles. The number of anilines is 2. The molecule has 0 bridgehead atoms. The number of benzene rings is 2. The van der Waals surface area contributed by atoms with Gasteiger partial charge in [0.1, 0.15) is 14.1 Å². The molecule has 168 valence electrons. The molecule has 0 aliphatic heterocycles. The molecule has 0 aromatic heterocycles. The van der Waals surface area contributed by atoms with Crippen molar-refractivity contribution in [3.8, 4) is 0 Å². The molecule has 3 rings (SSSR count). The van der Waals surface area contributed by atoms with Gasteiger partial charge in [-0.2, -0.15) is 0 Å². The first kappa shape index (κ1) is 24.7. The van der Waals surface area contributed by atoms with Gasteiger partial charge in [-0.15, -0.1) is 0 Å². The average molecular weight is 432 g/mol. The van der Waals surface area contributed by atoms with E-state index in [1.54, 1.807) is 0 Å². The third-order valence-corrected chi connectivity index (χ3v) is 5.02. The van der Waals surface area contributed by atoms with Crippen molar-refractivity contribution in [3.63, 3.8) is 0 Å².